The van der Waals surface area contributed by atoms with Crippen LogP contribution >= 0.6 is 0 Å². The van der Waals surface area contributed by atoms with Crippen molar-refractivity contribution < 1.29 is 27.9 Å². The maximum atomic E-state index is 12.5. The largest absolute Gasteiger partial charge is 0.481 e. The van der Waals surface area contributed by atoms with Crippen LogP contribution in [0.4, 0.5) is 13.2 Å². The van der Waals surface area contributed by atoms with Crippen LogP contribution in [-0.2, 0) is 11.0 Å². The Bertz CT molecular complexity index is 549. The molecule has 1 fully saturated rings. The molecule has 2 atom stereocenters. The maximum Gasteiger partial charge on any atom is 0.416 e. The molecule has 0 spiro atoms. The summed E-state index contributed by atoms with van der Waals surface area (Å²) in [5, 5.41) is 9.18. The number of carbonyl (C=O) groups is 2. The van der Waals surface area contributed by atoms with E-state index >= 15 is 0 Å². The summed E-state index contributed by atoms with van der Waals surface area (Å²) < 4.78 is 37.4. The van der Waals surface area contributed by atoms with E-state index in [1.165, 1.54) is 0 Å². The van der Waals surface area contributed by atoms with Gasteiger partial charge in [-0.1, -0.05) is 25.0 Å². The van der Waals surface area contributed by atoms with Crippen LogP contribution in [0.5, 0.6) is 0 Å². The van der Waals surface area contributed by atoms with Crippen LogP contribution in [0.2, 0.25) is 0 Å². The number of Topliss-reactive ketones (excluding diaryl/α,β-unsaturated/α-hetero) is 1. The van der Waals surface area contributed by atoms with Crippen LogP contribution in [0.25, 0.3) is 0 Å². The zero-order valence-electron chi connectivity index (χ0n) is 11.9. The van der Waals surface area contributed by atoms with E-state index in [1.807, 2.05) is 0 Å². The number of carboxylic acid groups (broad SMARTS) is 1. The fraction of sp³-hybridized carbons (Fsp3) is 0.500. The van der Waals surface area contributed by atoms with E-state index in [0.717, 1.165) is 37.1 Å². The minimum absolute atomic E-state index is 0.0718. The van der Waals surface area contributed by atoms with Gasteiger partial charge in [0.15, 0.2) is 5.78 Å². The van der Waals surface area contributed by atoms with Crippen LogP contribution in [0.3, 0.4) is 0 Å². The lowest BCUT2D eigenvalue weighted by atomic mass is 9.76. The number of hydrogen-bond acceptors (Lipinski definition) is 2. The van der Waals surface area contributed by atoms with E-state index in [-0.39, 0.29) is 23.7 Å². The molecule has 2 unspecified atom stereocenters. The van der Waals surface area contributed by atoms with E-state index in [2.05, 4.69) is 0 Å². The van der Waals surface area contributed by atoms with Crippen molar-refractivity contribution in [2.45, 2.75) is 38.3 Å². The van der Waals surface area contributed by atoms with Crippen LogP contribution < -0.4 is 0 Å². The fourth-order valence-electron chi connectivity index (χ4n) is 2.98. The summed E-state index contributed by atoms with van der Waals surface area (Å²) in [6.45, 7) is 0. The molecule has 1 aromatic rings. The zero-order valence-corrected chi connectivity index (χ0v) is 11.9. The van der Waals surface area contributed by atoms with Gasteiger partial charge in [-0.05, 0) is 30.9 Å². The Morgan fingerprint density at radius 3 is 2.23 bits per heavy atom. The summed E-state index contributed by atoms with van der Waals surface area (Å²) in [6, 6.07) is 4.07. The van der Waals surface area contributed by atoms with Crippen molar-refractivity contribution in [1.82, 2.24) is 0 Å². The molecular formula is C16H17F3O3. The van der Waals surface area contributed by atoms with Crippen molar-refractivity contribution in [1.29, 1.82) is 0 Å². The molecule has 0 aliphatic heterocycles. The molecule has 3 nitrogen and oxygen atoms in total. The third-order valence-electron chi connectivity index (χ3n) is 4.21. The fourth-order valence-corrected chi connectivity index (χ4v) is 2.98. The molecular weight excluding hydrogens is 297 g/mol. The van der Waals surface area contributed by atoms with Gasteiger partial charge in [0.25, 0.3) is 0 Å². The number of carbonyl (C=O) groups excluding carboxylic acids is 1. The highest BCUT2D eigenvalue weighted by atomic mass is 19.4. The minimum atomic E-state index is -4.43. The predicted octanol–water partition coefficient (Wildman–Crippen LogP) is 4.17. The van der Waals surface area contributed by atoms with Crippen LogP contribution in [-0.4, -0.2) is 16.9 Å². The van der Waals surface area contributed by atoms with Crippen LogP contribution in [0.15, 0.2) is 24.3 Å². The summed E-state index contributed by atoms with van der Waals surface area (Å²) in [5.74, 6) is -1.97. The molecule has 1 aromatic carbocycles. The van der Waals surface area contributed by atoms with Crippen molar-refractivity contribution in [3.05, 3.63) is 35.4 Å². The lowest BCUT2D eigenvalue weighted by molar-refractivity contribution is -0.144. The molecule has 2 rings (SSSR count). The van der Waals surface area contributed by atoms with Crippen molar-refractivity contribution in [3.8, 4) is 0 Å². The predicted molar refractivity (Wildman–Crippen MR) is 73.5 cm³/mol. The highest BCUT2D eigenvalue weighted by molar-refractivity contribution is 5.96. The molecule has 0 bridgehead atoms. The number of aliphatic carboxylic acids is 1. The van der Waals surface area contributed by atoms with Gasteiger partial charge >= 0.3 is 12.1 Å². The Hall–Kier alpha value is -1.85. The van der Waals surface area contributed by atoms with Gasteiger partial charge in [-0.2, -0.15) is 13.2 Å². The third-order valence-corrected chi connectivity index (χ3v) is 4.21. The van der Waals surface area contributed by atoms with Crippen molar-refractivity contribution >= 4 is 11.8 Å². The van der Waals surface area contributed by atoms with E-state index in [0.29, 0.717) is 12.8 Å². The second kappa shape index (κ2) is 6.50. The zero-order chi connectivity index (χ0) is 16.3. The lowest BCUT2D eigenvalue weighted by Gasteiger charge is -2.27. The molecule has 1 saturated carbocycles. The van der Waals surface area contributed by atoms with Crippen molar-refractivity contribution in [2.75, 3.05) is 0 Å². The Morgan fingerprint density at radius 2 is 1.68 bits per heavy atom. The summed E-state index contributed by atoms with van der Waals surface area (Å²) in [5.41, 5.74) is -0.604. The smallest absolute Gasteiger partial charge is 0.416 e. The third kappa shape index (κ3) is 3.87. The summed E-state index contributed by atoms with van der Waals surface area (Å²) in [4.78, 5) is 23.4. The first-order valence-electron chi connectivity index (χ1n) is 7.22. The van der Waals surface area contributed by atoms with E-state index < -0.39 is 23.6 Å². The van der Waals surface area contributed by atoms with Crippen molar-refractivity contribution in [3.63, 3.8) is 0 Å². The summed E-state index contributed by atoms with van der Waals surface area (Å²) in [6.07, 6.45) is -1.41. The second-order valence-corrected chi connectivity index (χ2v) is 5.69. The number of hydrogen-bond donors (Lipinski definition) is 1. The maximum absolute atomic E-state index is 12.5. The molecule has 0 saturated heterocycles. The molecule has 1 aliphatic carbocycles. The number of benzene rings is 1. The second-order valence-electron chi connectivity index (χ2n) is 5.69. The molecule has 6 heteroatoms. The molecule has 0 aromatic heterocycles. The summed E-state index contributed by atoms with van der Waals surface area (Å²) in [7, 11) is 0. The van der Waals surface area contributed by atoms with E-state index in [9.17, 15) is 27.9 Å². The number of halogens is 3. The van der Waals surface area contributed by atoms with Gasteiger partial charge in [0.2, 0.25) is 0 Å². The molecule has 0 heterocycles. The first-order chi connectivity index (χ1) is 10.3. The van der Waals surface area contributed by atoms with Gasteiger partial charge in [0.1, 0.15) is 0 Å². The van der Waals surface area contributed by atoms with Gasteiger partial charge < -0.3 is 5.11 Å². The number of carboxylic acids is 1. The minimum Gasteiger partial charge on any atom is -0.481 e. The molecule has 0 amide bonds. The molecule has 22 heavy (non-hydrogen) atoms. The van der Waals surface area contributed by atoms with Gasteiger partial charge in [-0.3, -0.25) is 9.59 Å². The first-order valence-corrected chi connectivity index (χ1v) is 7.22. The standard InChI is InChI=1S/C16H17F3O3/c17-16(18,19)12-7-5-10(6-8-12)14(20)9-11-3-1-2-4-13(11)15(21)22/h5-8,11,13H,1-4,9H2,(H,21,22). The Balaban J connectivity index is 2.06. The Labute approximate surface area is 126 Å². The molecule has 1 N–H and O–H groups in total. The van der Waals surface area contributed by atoms with Crippen LogP contribution in [0, 0.1) is 11.8 Å². The summed E-state index contributed by atoms with van der Waals surface area (Å²) >= 11 is 0. The highest BCUT2D eigenvalue weighted by Crippen LogP contribution is 2.34. The monoisotopic (exact) mass is 314 g/mol. The lowest BCUT2D eigenvalue weighted by Crippen LogP contribution is -2.28. The Morgan fingerprint density at radius 1 is 1.09 bits per heavy atom. The average molecular weight is 314 g/mol. The normalized spacial score (nSPS) is 22.3. The van der Waals surface area contributed by atoms with Gasteiger partial charge in [-0.25, -0.2) is 0 Å². The molecule has 0 radical (unpaired) electrons. The topological polar surface area (TPSA) is 54.4 Å². The average Bonchev–Trinajstić information content (AvgIpc) is 2.46. The SMILES string of the molecule is O=C(CC1CCCCC1C(=O)O)c1ccc(C(F)(F)F)cc1. The quantitative estimate of drug-likeness (QED) is 0.849. The van der Waals surface area contributed by atoms with E-state index in [1.54, 1.807) is 0 Å². The highest BCUT2D eigenvalue weighted by Gasteiger charge is 2.33. The first kappa shape index (κ1) is 16.5. The van der Waals surface area contributed by atoms with Crippen LogP contribution in [0.1, 0.15) is 48.0 Å². The van der Waals surface area contributed by atoms with Gasteiger partial charge in [0.05, 0.1) is 11.5 Å². The molecule has 120 valence electrons. The van der Waals surface area contributed by atoms with Gasteiger partial charge in [0, 0.05) is 12.0 Å². The van der Waals surface area contributed by atoms with Gasteiger partial charge in [-0.15, -0.1) is 0 Å². The number of rotatable bonds is 4. The Kier molecular flexibility index (Phi) is 4.88. The number of alkyl halides is 3. The van der Waals surface area contributed by atoms with Crippen molar-refractivity contribution in [2.24, 2.45) is 11.8 Å². The number of ketones is 1. The van der Waals surface area contributed by atoms with E-state index in [4.69, 9.17) is 0 Å². The molecule has 1 aliphatic rings.